The molecule has 0 aliphatic rings. The summed E-state index contributed by atoms with van der Waals surface area (Å²) in [6, 6.07) is 11.2. The van der Waals surface area contributed by atoms with Gasteiger partial charge < -0.3 is 10.1 Å². The third-order valence-corrected chi connectivity index (χ3v) is 5.36. The van der Waals surface area contributed by atoms with E-state index < -0.39 is 9.84 Å². The van der Waals surface area contributed by atoms with Gasteiger partial charge in [0.05, 0.1) is 16.0 Å². The lowest BCUT2D eigenvalue weighted by Crippen LogP contribution is -2.31. The number of carbonyl (C=O) groups excluding carboxylic acids is 1. The second-order valence-corrected chi connectivity index (χ2v) is 8.83. The number of benzene rings is 2. The molecule has 0 spiro atoms. The number of amides is 1. The van der Waals surface area contributed by atoms with Gasteiger partial charge in [0.1, 0.15) is 5.75 Å². The van der Waals surface area contributed by atoms with Gasteiger partial charge in [0.25, 0.3) is 5.91 Å². The van der Waals surface area contributed by atoms with E-state index in [0.717, 1.165) is 16.3 Å². The van der Waals surface area contributed by atoms with Crippen LogP contribution in [0.4, 0.5) is 0 Å². The fraction of sp³-hybridized carbons (Fsp3) is 0.235. The fourth-order valence-electron chi connectivity index (χ4n) is 2.11. The highest BCUT2D eigenvalue weighted by molar-refractivity contribution is 9.10. The second-order valence-electron chi connectivity index (χ2n) is 5.49. The van der Waals surface area contributed by atoms with Gasteiger partial charge in [-0.25, -0.2) is 8.42 Å². The van der Waals surface area contributed by atoms with E-state index in [-0.39, 0.29) is 23.5 Å². The van der Waals surface area contributed by atoms with Gasteiger partial charge in [-0.3, -0.25) is 4.79 Å². The molecule has 0 heterocycles. The van der Waals surface area contributed by atoms with Gasteiger partial charge in [-0.2, -0.15) is 0 Å². The molecule has 2 rings (SSSR count). The molecule has 1 atom stereocenters. The molecule has 1 N–H and O–H groups in total. The summed E-state index contributed by atoms with van der Waals surface area (Å²) < 4.78 is 29.2. The molecule has 25 heavy (non-hydrogen) atoms. The maximum atomic E-state index is 12.0. The summed E-state index contributed by atoms with van der Waals surface area (Å²) in [5.74, 6) is 0.115. The van der Waals surface area contributed by atoms with Crippen LogP contribution in [-0.4, -0.2) is 27.2 Å². The number of carbonyl (C=O) groups is 1. The molecular weight excluding hydrogens is 430 g/mol. The molecule has 0 saturated heterocycles. The third-order valence-electron chi connectivity index (χ3n) is 3.44. The van der Waals surface area contributed by atoms with Crippen LogP contribution in [0.5, 0.6) is 5.75 Å². The Hall–Kier alpha value is -1.57. The lowest BCUT2D eigenvalue weighted by Gasteiger charge is -2.15. The number of rotatable bonds is 6. The molecule has 0 saturated carbocycles. The fourth-order valence-corrected chi connectivity index (χ4v) is 3.46. The van der Waals surface area contributed by atoms with Crippen molar-refractivity contribution in [1.82, 2.24) is 5.32 Å². The first-order valence-electron chi connectivity index (χ1n) is 7.34. The minimum atomic E-state index is -3.24. The van der Waals surface area contributed by atoms with Gasteiger partial charge in [0.2, 0.25) is 0 Å². The lowest BCUT2D eigenvalue weighted by molar-refractivity contribution is -0.123. The Balaban J connectivity index is 1.93. The second kappa shape index (κ2) is 8.21. The molecule has 0 radical (unpaired) electrons. The molecule has 1 amide bonds. The third kappa shape index (κ3) is 5.73. The first-order valence-corrected chi connectivity index (χ1v) is 10.4. The molecule has 8 heteroatoms. The first kappa shape index (κ1) is 19.8. The summed E-state index contributed by atoms with van der Waals surface area (Å²) in [7, 11) is -3.24. The quantitative estimate of drug-likeness (QED) is 0.733. The molecule has 5 nitrogen and oxygen atoms in total. The Morgan fingerprint density at radius 2 is 1.88 bits per heavy atom. The summed E-state index contributed by atoms with van der Waals surface area (Å²) in [5.41, 5.74) is 0.794. The Kier molecular flexibility index (Phi) is 6.48. The van der Waals surface area contributed by atoms with Crippen LogP contribution in [0, 0.1) is 0 Å². The van der Waals surface area contributed by atoms with Crippen molar-refractivity contribution in [2.24, 2.45) is 0 Å². The highest BCUT2D eigenvalue weighted by Crippen LogP contribution is 2.27. The van der Waals surface area contributed by atoms with Gasteiger partial charge in [0, 0.05) is 10.7 Å². The Morgan fingerprint density at radius 1 is 1.24 bits per heavy atom. The van der Waals surface area contributed by atoms with Crippen LogP contribution < -0.4 is 10.1 Å². The van der Waals surface area contributed by atoms with Crippen LogP contribution in [0.2, 0.25) is 5.02 Å². The predicted molar refractivity (Wildman–Crippen MR) is 101 cm³/mol. The average Bonchev–Trinajstić information content (AvgIpc) is 2.53. The largest absolute Gasteiger partial charge is 0.482 e. The zero-order valence-electron chi connectivity index (χ0n) is 13.6. The van der Waals surface area contributed by atoms with Crippen molar-refractivity contribution >= 4 is 43.3 Å². The predicted octanol–water partition coefficient (Wildman–Crippen LogP) is 3.76. The summed E-state index contributed by atoms with van der Waals surface area (Å²) in [6.45, 7) is 1.63. The van der Waals surface area contributed by atoms with E-state index in [1.165, 1.54) is 12.1 Å². The van der Waals surface area contributed by atoms with E-state index in [1.807, 2.05) is 0 Å². The van der Waals surface area contributed by atoms with Gasteiger partial charge in [0.15, 0.2) is 16.4 Å². The molecule has 0 unspecified atom stereocenters. The summed E-state index contributed by atoms with van der Waals surface area (Å²) in [4.78, 5) is 12.3. The zero-order chi connectivity index (χ0) is 18.6. The minimum absolute atomic E-state index is 0.173. The van der Waals surface area contributed by atoms with Crippen LogP contribution in [0.15, 0.2) is 51.8 Å². The molecule has 0 fully saturated rings. The van der Waals surface area contributed by atoms with Crippen molar-refractivity contribution in [3.05, 3.63) is 57.5 Å². The zero-order valence-corrected chi connectivity index (χ0v) is 16.8. The molecule has 0 aromatic heterocycles. The number of hydrogen-bond donors (Lipinski definition) is 1. The van der Waals surface area contributed by atoms with Gasteiger partial charge in [-0.1, -0.05) is 39.7 Å². The van der Waals surface area contributed by atoms with Crippen molar-refractivity contribution in [3.63, 3.8) is 0 Å². The van der Waals surface area contributed by atoms with Crippen LogP contribution >= 0.6 is 27.5 Å². The smallest absolute Gasteiger partial charge is 0.258 e. The van der Waals surface area contributed by atoms with Gasteiger partial charge in [-0.15, -0.1) is 0 Å². The van der Waals surface area contributed by atoms with Gasteiger partial charge >= 0.3 is 0 Å². The van der Waals surface area contributed by atoms with Gasteiger partial charge in [-0.05, 0) is 42.8 Å². The van der Waals surface area contributed by atoms with E-state index in [2.05, 4.69) is 21.2 Å². The summed E-state index contributed by atoms with van der Waals surface area (Å²) >= 11 is 9.33. The number of sulfone groups is 1. The van der Waals surface area contributed by atoms with Crippen LogP contribution in [-0.2, 0) is 14.6 Å². The topological polar surface area (TPSA) is 72.5 Å². The molecule has 2 aromatic carbocycles. The van der Waals surface area contributed by atoms with E-state index >= 15 is 0 Å². The van der Waals surface area contributed by atoms with Crippen LogP contribution in [0.3, 0.4) is 0 Å². The number of halogens is 2. The minimum Gasteiger partial charge on any atom is -0.482 e. The summed E-state index contributed by atoms with van der Waals surface area (Å²) in [6.07, 6.45) is 1.15. The molecular formula is C17H17BrClNO4S. The average molecular weight is 447 g/mol. The van der Waals surface area contributed by atoms with Crippen molar-refractivity contribution < 1.29 is 17.9 Å². The normalized spacial score (nSPS) is 12.5. The van der Waals surface area contributed by atoms with E-state index in [9.17, 15) is 13.2 Å². The molecule has 0 aliphatic carbocycles. The number of ether oxygens (including phenoxy) is 1. The van der Waals surface area contributed by atoms with Crippen molar-refractivity contribution in [1.29, 1.82) is 0 Å². The van der Waals surface area contributed by atoms with Crippen molar-refractivity contribution in [3.8, 4) is 5.75 Å². The van der Waals surface area contributed by atoms with E-state index in [0.29, 0.717) is 10.8 Å². The highest BCUT2D eigenvalue weighted by atomic mass is 79.9. The Bertz CT molecular complexity index is 869. The van der Waals surface area contributed by atoms with Crippen molar-refractivity contribution in [2.75, 3.05) is 12.9 Å². The van der Waals surface area contributed by atoms with Crippen molar-refractivity contribution in [2.45, 2.75) is 17.9 Å². The lowest BCUT2D eigenvalue weighted by atomic mass is 10.1. The molecule has 2 aromatic rings. The standard InChI is InChI=1S/C17H17BrClNO4S/c1-11(12-3-6-14(7-4-12)25(2,22)23)20-17(21)10-24-16-8-5-13(18)9-15(16)19/h3-9,11H,10H2,1-2H3,(H,20,21)/t11-/m1/s1. The number of hydrogen-bond acceptors (Lipinski definition) is 4. The maximum Gasteiger partial charge on any atom is 0.258 e. The van der Waals surface area contributed by atoms with E-state index in [1.54, 1.807) is 37.3 Å². The Labute approximate surface area is 160 Å². The highest BCUT2D eigenvalue weighted by Gasteiger charge is 2.13. The van der Waals surface area contributed by atoms with Crippen LogP contribution in [0.1, 0.15) is 18.5 Å². The Morgan fingerprint density at radius 3 is 2.44 bits per heavy atom. The SMILES string of the molecule is C[C@@H](NC(=O)COc1ccc(Br)cc1Cl)c1ccc(S(C)(=O)=O)cc1. The maximum absolute atomic E-state index is 12.0. The molecule has 134 valence electrons. The summed E-state index contributed by atoms with van der Waals surface area (Å²) in [5, 5.41) is 3.20. The van der Waals surface area contributed by atoms with Crippen LogP contribution in [0.25, 0.3) is 0 Å². The molecule has 0 bridgehead atoms. The van der Waals surface area contributed by atoms with E-state index in [4.69, 9.17) is 16.3 Å². The first-order chi connectivity index (χ1) is 11.7. The molecule has 0 aliphatic heterocycles. The monoisotopic (exact) mass is 445 g/mol. The number of nitrogens with one attached hydrogen (secondary N) is 1.